The van der Waals surface area contributed by atoms with Crippen LogP contribution < -0.4 is 11.1 Å². The van der Waals surface area contributed by atoms with Gasteiger partial charge in [0.1, 0.15) is 5.82 Å². The van der Waals surface area contributed by atoms with Crippen LogP contribution in [-0.2, 0) is 4.74 Å². The molecule has 0 spiro atoms. The molecule has 17 heavy (non-hydrogen) atoms. The zero-order valence-corrected chi connectivity index (χ0v) is 10.3. The summed E-state index contributed by atoms with van der Waals surface area (Å²) in [6, 6.07) is 1.88. The lowest BCUT2D eigenvalue weighted by molar-refractivity contribution is 0.0658. The minimum Gasteiger partial charge on any atom is -0.376 e. The maximum absolute atomic E-state index is 5.75. The molecule has 94 valence electrons. The van der Waals surface area contributed by atoms with Crippen LogP contribution in [0.1, 0.15) is 31.4 Å². The summed E-state index contributed by atoms with van der Waals surface area (Å²) in [7, 11) is 0. The Morgan fingerprint density at radius 3 is 2.88 bits per heavy atom. The van der Waals surface area contributed by atoms with Crippen molar-refractivity contribution < 1.29 is 4.74 Å². The second kappa shape index (κ2) is 5.82. The van der Waals surface area contributed by atoms with E-state index in [0.717, 1.165) is 18.1 Å². The summed E-state index contributed by atoms with van der Waals surface area (Å²) in [5.74, 6) is 1.08. The van der Waals surface area contributed by atoms with E-state index in [4.69, 9.17) is 10.5 Å². The molecule has 1 aliphatic rings. The monoisotopic (exact) mass is 236 g/mol. The first-order chi connectivity index (χ1) is 8.24. The van der Waals surface area contributed by atoms with Gasteiger partial charge in [0.2, 0.25) is 5.95 Å². The van der Waals surface area contributed by atoms with E-state index < -0.39 is 0 Å². The van der Waals surface area contributed by atoms with Crippen LogP contribution in [0.15, 0.2) is 6.07 Å². The molecule has 5 nitrogen and oxygen atoms in total. The average molecular weight is 236 g/mol. The molecule has 1 aromatic rings. The van der Waals surface area contributed by atoms with Gasteiger partial charge in [0.15, 0.2) is 0 Å². The molecular formula is C12H20N4O. The fraction of sp³-hybridized carbons (Fsp3) is 0.667. The Morgan fingerprint density at radius 1 is 1.41 bits per heavy atom. The highest BCUT2D eigenvalue weighted by Crippen LogP contribution is 2.20. The lowest BCUT2D eigenvalue weighted by atomic mass is 10.3. The third-order valence-electron chi connectivity index (χ3n) is 2.94. The Morgan fingerprint density at radius 2 is 2.18 bits per heavy atom. The maximum atomic E-state index is 5.75. The van der Waals surface area contributed by atoms with Gasteiger partial charge in [-0.2, -0.15) is 4.98 Å². The molecule has 0 saturated heterocycles. The molecule has 0 aromatic carbocycles. The Labute approximate surface area is 102 Å². The number of hydrogen-bond donors (Lipinski definition) is 2. The molecule has 0 radical (unpaired) electrons. The molecule has 2 rings (SSSR count). The Bertz CT molecular complexity index is 343. The largest absolute Gasteiger partial charge is 0.376 e. The first-order valence-corrected chi connectivity index (χ1v) is 6.20. The van der Waals surface area contributed by atoms with Gasteiger partial charge in [-0.05, 0) is 19.8 Å². The van der Waals surface area contributed by atoms with Crippen molar-refractivity contribution in [1.29, 1.82) is 0 Å². The number of nitrogens with zero attached hydrogens (tertiary/aromatic N) is 2. The van der Waals surface area contributed by atoms with Gasteiger partial charge in [-0.15, -0.1) is 0 Å². The Kier molecular flexibility index (Phi) is 4.14. The van der Waals surface area contributed by atoms with Crippen LogP contribution in [0.5, 0.6) is 0 Å². The van der Waals surface area contributed by atoms with Crippen molar-refractivity contribution in [1.82, 2.24) is 9.97 Å². The molecule has 0 aliphatic heterocycles. The van der Waals surface area contributed by atoms with Gasteiger partial charge >= 0.3 is 0 Å². The van der Waals surface area contributed by atoms with E-state index in [1.807, 2.05) is 13.0 Å². The van der Waals surface area contributed by atoms with Crippen molar-refractivity contribution >= 4 is 11.8 Å². The molecule has 0 bridgehead atoms. The first kappa shape index (κ1) is 12.1. The van der Waals surface area contributed by atoms with Crippen molar-refractivity contribution in [3.05, 3.63) is 11.8 Å². The summed E-state index contributed by atoms with van der Waals surface area (Å²) in [6.45, 7) is 3.37. The van der Waals surface area contributed by atoms with E-state index in [1.165, 1.54) is 25.7 Å². The minimum atomic E-state index is 0.309. The van der Waals surface area contributed by atoms with E-state index in [0.29, 0.717) is 18.7 Å². The number of anilines is 2. The molecular weight excluding hydrogens is 216 g/mol. The third kappa shape index (κ3) is 3.85. The van der Waals surface area contributed by atoms with E-state index in [-0.39, 0.29) is 0 Å². The van der Waals surface area contributed by atoms with E-state index >= 15 is 0 Å². The number of nitrogens with one attached hydrogen (secondary N) is 1. The van der Waals surface area contributed by atoms with Gasteiger partial charge in [-0.25, -0.2) is 4.98 Å². The maximum Gasteiger partial charge on any atom is 0.222 e. The predicted molar refractivity (Wildman–Crippen MR) is 67.9 cm³/mol. The number of nitrogens with two attached hydrogens (primary N) is 1. The van der Waals surface area contributed by atoms with Gasteiger partial charge < -0.3 is 15.8 Å². The third-order valence-corrected chi connectivity index (χ3v) is 2.94. The summed E-state index contributed by atoms with van der Waals surface area (Å²) in [6.07, 6.45) is 5.49. The van der Waals surface area contributed by atoms with E-state index in [9.17, 15) is 0 Å². The van der Waals surface area contributed by atoms with Crippen molar-refractivity contribution in [3.8, 4) is 0 Å². The lowest BCUT2D eigenvalue weighted by Crippen LogP contribution is -2.16. The van der Waals surface area contributed by atoms with Crippen molar-refractivity contribution in [2.75, 3.05) is 24.2 Å². The zero-order chi connectivity index (χ0) is 12.1. The van der Waals surface area contributed by atoms with Crippen LogP contribution in [0, 0.1) is 6.92 Å². The molecule has 1 heterocycles. The minimum absolute atomic E-state index is 0.309. The van der Waals surface area contributed by atoms with Gasteiger partial charge in [-0.1, -0.05) is 12.8 Å². The molecule has 5 heteroatoms. The van der Waals surface area contributed by atoms with E-state index in [2.05, 4.69) is 15.3 Å². The van der Waals surface area contributed by atoms with Crippen LogP contribution in [0.4, 0.5) is 11.8 Å². The van der Waals surface area contributed by atoms with Crippen molar-refractivity contribution in [3.63, 3.8) is 0 Å². The smallest absolute Gasteiger partial charge is 0.222 e. The molecule has 0 unspecified atom stereocenters. The number of hydrogen-bond acceptors (Lipinski definition) is 5. The second-order valence-corrected chi connectivity index (χ2v) is 4.46. The van der Waals surface area contributed by atoms with Crippen LogP contribution in [-0.4, -0.2) is 29.2 Å². The highest BCUT2D eigenvalue weighted by molar-refractivity contribution is 5.39. The van der Waals surface area contributed by atoms with Gasteiger partial charge in [0.05, 0.1) is 12.7 Å². The number of nitrogen functional groups attached to an aromatic ring is 1. The predicted octanol–water partition coefficient (Wildman–Crippen LogP) is 1.74. The molecule has 0 amide bonds. The molecule has 1 aliphatic carbocycles. The zero-order valence-electron chi connectivity index (χ0n) is 10.3. The standard InChI is InChI=1S/C12H20N4O/c1-9-8-11(16-12(13)15-9)14-6-7-17-10-4-2-3-5-10/h8,10H,2-7H2,1H3,(H3,13,14,15,16). The number of rotatable bonds is 5. The summed E-state index contributed by atoms with van der Waals surface area (Å²) >= 11 is 0. The first-order valence-electron chi connectivity index (χ1n) is 6.20. The lowest BCUT2D eigenvalue weighted by Gasteiger charge is -2.12. The van der Waals surface area contributed by atoms with Gasteiger partial charge in [-0.3, -0.25) is 0 Å². The van der Waals surface area contributed by atoms with Crippen LogP contribution in [0.2, 0.25) is 0 Å². The van der Waals surface area contributed by atoms with Crippen LogP contribution >= 0.6 is 0 Å². The number of aryl methyl sites for hydroxylation is 1. The van der Waals surface area contributed by atoms with Gasteiger partial charge in [0.25, 0.3) is 0 Å². The highest BCUT2D eigenvalue weighted by Gasteiger charge is 2.14. The molecule has 1 saturated carbocycles. The normalized spacial score (nSPS) is 16.3. The second-order valence-electron chi connectivity index (χ2n) is 4.46. The summed E-state index contributed by atoms with van der Waals surface area (Å²) < 4.78 is 5.75. The molecule has 0 atom stereocenters. The van der Waals surface area contributed by atoms with Crippen LogP contribution in [0.25, 0.3) is 0 Å². The summed E-state index contributed by atoms with van der Waals surface area (Å²) in [5.41, 5.74) is 6.44. The fourth-order valence-electron chi connectivity index (χ4n) is 2.14. The molecule has 1 fully saturated rings. The van der Waals surface area contributed by atoms with Crippen molar-refractivity contribution in [2.45, 2.75) is 38.7 Å². The quantitative estimate of drug-likeness (QED) is 0.762. The topological polar surface area (TPSA) is 73.1 Å². The number of aromatic nitrogens is 2. The van der Waals surface area contributed by atoms with Crippen LogP contribution in [0.3, 0.4) is 0 Å². The Balaban J connectivity index is 1.70. The van der Waals surface area contributed by atoms with Gasteiger partial charge in [0, 0.05) is 18.3 Å². The molecule has 3 N–H and O–H groups in total. The van der Waals surface area contributed by atoms with E-state index in [1.54, 1.807) is 0 Å². The fourth-order valence-corrected chi connectivity index (χ4v) is 2.14. The SMILES string of the molecule is Cc1cc(NCCOC2CCCC2)nc(N)n1. The highest BCUT2D eigenvalue weighted by atomic mass is 16.5. The molecule has 1 aromatic heterocycles. The summed E-state index contributed by atoms with van der Waals surface area (Å²) in [4.78, 5) is 8.12. The summed E-state index contributed by atoms with van der Waals surface area (Å²) in [5, 5.41) is 3.19. The average Bonchev–Trinajstić information content (AvgIpc) is 2.76. The van der Waals surface area contributed by atoms with Crippen molar-refractivity contribution in [2.24, 2.45) is 0 Å². The Hall–Kier alpha value is -1.36. The number of ether oxygens (including phenoxy) is 1.